The van der Waals surface area contributed by atoms with Gasteiger partial charge in [0.25, 0.3) is 10.0 Å². The van der Waals surface area contributed by atoms with Crippen molar-refractivity contribution in [3.8, 4) is 0 Å². The number of aromatic nitrogens is 4. The van der Waals surface area contributed by atoms with Crippen molar-refractivity contribution in [2.75, 3.05) is 4.72 Å². The van der Waals surface area contributed by atoms with Gasteiger partial charge in [-0.3, -0.25) is 14.1 Å². The lowest BCUT2D eigenvalue weighted by Crippen LogP contribution is -2.15. The smallest absolute Gasteiger partial charge is 0.266 e. The van der Waals surface area contributed by atoms with E-state index < -0.39 is 10.0 Å². The van der Waals surface area contributed by atoms with Crippen molar-refractivity contribution in [1.82, 2.24) is 19.6 Å². The highest BCUT2D eigenvalue weighted by Crippen LogP contribution is 2.22. The van der Waals surface area contributed by atoms with Gasteiger partial charge in [-0.25, -0.2) is 8.42 Å². The summed E-state index contributed by atoms with van der Waals surface area (Å²) in [6, 6.07) is 6.78. The average molecular weight is 414 g/mol. The van der Waals surface area contributed by atoms with Crippen molar-refractivity contribution in [3.63, 3.8) is 0 Å². The van der Waals surface area contributed by atoms with Gasteiger partial charge in [-0.2, -0.15) is 10.2 Å². The number of anilines is 1. The number of benzene rings is 1. The third-order valence-corrected chi connectivity index (χ3v) is 5.92. The normalized spacial score (nSPS) is 11.7. The number of nitrogens with one attached hydrogen (secondary N) is 1. The number of aryl methyl sites for hydroxylation is 1. The maximum atomic E-state index is 12.6. The topological polar surface area (TPSA) is 81.8 Å². The molecule has 10 heteroatoms. The Hall–Kier alpha value is -2.03. The number of hydrogen-bond donors (Lipinski definition) is 1. The summed E-state index contributed by atoms with van der Waals surface area (Å²) in [7, 11) is -3.76. The maximum absolute atomic E-state index is 12.6. The first kappa shape index (κ1) is 18.8. The summed E-state index contributed by atoms with van der Waals surface area (Å²) < 4.78 is 30.8. The van der Waals surface area contributed by atoms with Gasteiger partial charge in [0.05, 0.1) is 18.4 Å². The van der Waals surface area contributed by atoms with Crippen molar-refractivity contribution in [2.24, 2.45) is 0 Å². The molecule has 2 heterocycles. The predicted octanol–water partition coefficient (Wildman–Crippen LogP) is 3.56. The van der Waals surface area contributed by atoms with Crippen LogP contribution in [0.5, 0.6) is 0 Å². The zero-order valence-electron chi connectivity index (χ0n) is 14.1. The minimum absolute atomic E-state index is 0.134. The van der Waals surface area contributed by atoms with Crippen LogP contribution in [-0.2, 0) is 23.1 Å². The highest BCUT2D eigenvalue weighted by molar-refractivity contribution is 7.92. The number of nitrogens with zero attached hydrogens (tertiary/aromatic N) is 4. The van der Waals surface area contributed by atoms with Crippen LogP contribution >= 0.6 is 23.2 Å². The zero-order chi connectivity index (χ0) is 18.9. The number of hydrogen-bond acceptors (Lipinski definition) is 4. The van der Waals surface area contributed by atoms with Crippen molar-refractivity contribution < 1.29 is 8.42 Å². The molecule has 0 saturated heterocycles. The van der Waals surface area contributed by atoms with Crippen LogP contribution < -0.4 is 4.72 Å². The second-order valence-electron chi connectivity index (χ2n) is 5.65. The third kappa shape index (κ3) is 3.87. The van der Waals surface area contributed by atoms with Crippen LogP contribution in [0.15, 0.2) is 41.6 Å². The highest BCUT2D eigenvalue weighted by atomic mass is 35.5. The van der Waals surface area contributed by atoms with E-state index in [1.165, 1.54) is 6.20 Å². The van der Waals surface area contributed by atoms with Crippen LogP contribution in [0.25, 0.3) is 0 Å². The zero-order valence-corrected chi connectivity index (χ0v) is 16.5. The Kier molecular flexibility index (Phi) is 5.27. The van der Waals surface area contributed by atoms with Crippen molar-refractivity contribution in [2.45, 2.75) is 31.8 Å². The van der Waals surface area contributed by atoms with E-state index in [9.17, 15) is 8.42 Å². The second kappa shape index (κ2) is 7.30. The molecule has 138 valence electrons. The molecule has 0 aliphatic heterocycles. The molecule has 0 aliphatic carbocycles. The Morgan fingerprint density at radius 2 is 2.00 bits per heavy atom. The molecule has 0 fully saturated rings. The summed E-state index contributed by atoms with van der Waals surface area (Å²) >= 11 is 12.0. The number of rotatable bonds is 6. The molecule has 0 saturated carbocycles. The lowest BCUT2D eigenvalue weighted by molar-refractivity contribution is 0.598. The van der Waals surface area contributed by atoms with E-state index in [1.54, 1.807) is 46.7 Å². The van der Waals surface area contributed by atoms with Gasteiger partial charge in [0.2, 0.25) is 0 Å². The molecular formula is C16H17Cl2N5O2S. The lowest BCUT2D eigenvalue weighted by atomic mass is 10.2. The van der Waals surface area contributed by atoms with Crippen molar-refractivity contribution in [1.29, 1.82) is 0 Å². The van der Waals surface area contributed by atoms with E-state index in [4.69, 9.17) is 23.2 Å². The Bertz CT molecular complexity index is 1040. The summed E-state index contributed by atoms with van der Waals surface area (Å²) in [4.78, 5) is 0.134. The summed E-state index contributed by atoms with van der Waals surface area (Å²) in [5.41, 5.74) is 1.40. The van der Waals surface area contributed by atoms with Gasteiger partial charge in [-0.1, -0.05) is 29.3 Å². The molecule has 0 bridgehead atoms. The standard InChI is InChI=1S/C16H17Cl2N5O2S/c1-3-23-11(2)15(9-19-23)26(24,25)21-16-6-7-22(20-16)10-12-4-5-13(17)8-14(12)18/h4-9H,3,10H2,1-2H3,(H,20,21). The fourth-order valence-electron chi connectivity index (χ4n) is 2.53. The Labute approximate surface area is 161 Å². The molecule has 1 N–H and O–H groups in total. The van der Waals surface area contributed by atoms with E-state index in [2.05, 4.69) is 14.9 Å². The van der Waals surface area contributed by atoms with Crippen LogP contribution in [0.2, 0.25) is 10.0 Å². The van der Waals surface area contributed by atoms with E-state index in [1.807, 2.05) is 6.92 Å². The van der Waals surface area contributed by atoms with Gasteiger partial charge in [-0.05, 0) is 31.5 Å². The summed E-state index contributed by atoms with van der Waals surface area (Å²) in [6.45, 7) is 4.60. The lowest BCUT2D eigenvalue weighted by Gasteiger charge is -2.06. The number of sulfonamides is 1. The first-order valence-corrected chi connectivity index (χ1v) is 10.1. The molecule has 3 rings (SSSR count). The molecule has 0 amide bonds. The molecule has 0 spiro atoms. The summed E-state index contributed by atoms with van der Waals surface area (Å²) in [5.74, 6) is 0.221. The molecule has 2 aromatic heterocycles. The second-order valence-corrected chi connectivity index (χ2v) is 8.14. The highest BCUT2D eigenvalue weighted by Gasteiger charge is 2.21. The van der Waals surface area contributed by atoms with Crippen LogP contribution in [0, 0.1) is 6.92 Å². The minimum Gasteiger partial charge on any atom is -0.269 e. The van der Waals surface area contributed by atoms with Crippen LogP contribution in [0.1, 0.15) is 18.2 Å². The van der Waals surface area contributed by atoms with E-state index in [0.717, 1.165) is 5.56 Å². The molecular weight excluding hydrogens is 397 g/mol. The quantitative estimate of drug-likeness (QED) is 0.669. The number of halogens is 2. The largest absolute Gasteiger partial charge is 0.269 e. The molecule has 3 aromatic rings. The molecule has 0 unspecified atom stereocenters. The minimum atomic E-state index is -3.76. The van der Waals surface area contributed by atoms with E-state index in [0.29, 0.717) is 28.8 Å². The predicted molar refractivity (Wildman–Crippen MR) is 101 cm³/mol. The Balaban J connectivity index is 1.78. The van der Waals surface area contributed by atoms with Gasteiger partial charge in [-0.15, -0.1) is 0 Å². The van der Waals surface area contributed by atoms with Crippen molar-refractivity contribution >= 4 is 39.0 Å². The Morgan fingerprint density at radius 3 is 2.65 bits per heavy atom. The van der Waals surface area contributed by atoms with Gasteiger partial charge in [0.15, 0.2) is 5.82 Å². The van der Waals surface area contributed by atoms with E-state index >= 15 is 0 Å². The SMILES string of the molecule is CCn1ncc(S(=O)(=O)Nc2ccn(Cc3ccc(Cl)cc3Cl)n2)c1C. The van der Waals surface area contributed by atoms with Crippen molar-refractivity contribution in [3.05, 3.63) is 58.0 Å². The van der Waals surface area contributed by atoms with E-state index in [-0.39, 0.29) is 10.7 Å². The summed E-state index contributed by atoms with van der Waals surface area (Å²) in [6.07, 6.45) is 3.01. The monoisotopic (exact) mass is 413 g/mol. The molecule has 0 radical (unpaired) electrons. The molecule has 0 atom stereocenters. The van der Waals surface area contributed by atoms with Gasteiger partial charge in [0, 0.05) is 28.9 Å². The fourth-order valence-corrected chi connectivity index (χ4v) is 4.18. The maximum Gasteiger partial charge on any atom is 0.266 e. The third-order valence-electron chi connectivity index (χ3n) is 3.87. The molecule has 26 heavy (non-hydrogen) atoms. The first-order valence-electron chi connectivity index (χ1n) is 7.82. The Morgan fingerprint density at radius 1 is 1.23 bits per heavy atom. The summed E-state index contributed by atoms with van der Waals surface area (Å²) in [5, 5.41) is 9.39. The van der Waals surface area contributed by atoms with Crippen LogP contribution in [0.3, 0.4) is 0 Å². The van der Waals surface area contributed by atoms with Crippen LogP contribution in [-0.4, -0.2) is 28.0 Å². The fraction of sp³-hybridized carbons (Fsp3) is 0.250. The first-order chi connectivity index (χ1) is 12.3. The molecule has 7 nitrogen and oxygen atoms in total. The van der Waals surface area contributed by atoms with Gasteiger partial charge < -0.3 is 0 Å². The average Bonchev–Trinajstić information content (AvgIpc) is 3.16. The molecule has 0 aliphatic rings. The van der Waals surface area contributed by atoms with Gasteiger partial charge in [0.1, 0.15) is 4.90 Å². The van der Waals surface area contributed by atoms with Crippen LogP contribution in [0.4, 0.5) is 5.82 Å². The van der Waals surface area contributed by atoms with Gasteiger partial charge >= 0.3 is 0 Å². The molecule has 1 aromatic carbocycles.